The zero-order valence-corrected chi connectivity index (χ0v) is 16.1. The predicted octanol–water partition coefficient (Wildman–Crippen LogP) is 2.38. The third-order valence-electron chi connectivity index (χ3n) is 5.25. The van der Waals surface area contributed by atoms with Crippen molar-refractivity contribution >= 4 is 11.7 Å². The van der Waals surface area contributed by atoms with Gasteiger partial charge >= 0.3 is 0 Å². The number of carbonyl (C=O) groups is 1. The Morgan fingerprint density at radius 2 is 1.96 bits per heavy atom. The largest absolute Gasteiger partial charge is 0.353 e. The van der Waals surface area contributed by atoms with Gasteiger partial charge in [-0.3, -0.25) is 4.79 Å². The Labute approximate surface area is 164 Å². The number of aromatic nitrogens is 4. The lowest BCUT2D eigenvalue weighted by Gasteiger charge is -2.39. The van der Waals surface area contributed by atoms with Gasteiger partial charge in [0.2, 0.25) is 5.91 Å². The second-order valence-corrected chi connectivity index (χ2v) is 7.20. The molecule has 28 heavy (non-hydrogen) atoms. The van der Waals surface area contributed by atoms with E-state index in [1.807, 2.05) is 48.1 Å². The minimum Gasteiger partial charge on any atom is -0.353 e. The van der Waals surface area contributed by atoms with E-state index in [9.17, 15) is 4.79 Å². The Balaban J connectivity index is 1.53. The first kappa shape index (κ1) is 18.2. The summed E-state index contributed by atoms with van der Waals surface area (Å²) < 4.78 is 1.92. The molecule has 0 saturated carbocycles. The smallest absolute Gasteiger partial charge is 0.217 e. The van der Waals surface area contributed by atoms with Gasteiger partial charge in [-0.2, -0.15) is 0 Å². The Kier molecular flexibility index (Phi) is 5.06. The van der Waals surface area contributed by atoms with Crippen LogP contribution in [-0.2, 0) is 11.8 Å². The summed E-state index contributed by atoms with van der Waals surface area (Å²) in [5, 5.41) is 11.9. The quantitative estimate of drug-likeness (QED) is 0.757. The molecule has 0 spiro atoms. The van der Waals surface area contributed by atoms with Gasteiger partial charge in [0.15, 0.2) is 11.6 Å². The number of imidazole rings is 1. The van der Waals surface area contributed by atoms with E-state index in [0.29, 0.717) is 12.5 Å². The van der Waals surface area contributed by atoms with Crippen LogP contribution < -0.4 is 10.2 Å². The standard InChI is InChI=1S/C21H24N6O/c1-15(28)23-19-14-27(12-10-17(19)16-6-4-3-5-7-16)20-9-8-18(24-25-20)21-22-11-13-26(21)2/h3-9,11,13,17,19H,10,12,14H2,1-2H3,(H,23,28)/t17-,19-/m0/s1. The van der Waals surface area contributed by atoms with E-state index >= 15 is 0 Å². The van der Waals surface area contributed by atoms with Gasteiger partial charge in [-0.05, 0) is 24.1 Å². The van der Waals surface area contributed by atoms with Crippen molar-refractivity contribution in [3.8, 4) is 11.5 Å². The highest BCUT2D eigenvalue weighted by Gasteiger charge is 2.31. The highest BCUT2D eigenvalue weighted by Crippen LogP contribution is 2.30. The maximum Gasteiger partial charge on any atom is 0.217 e. The van der Waals surface area contributed by atoms with Gasteiger partial charge in [-0.1, -0.05) is 30.3 Å². The van der Waals surface area contributed by atoms with Crippen LogP contribution in [0.4, 0.5) is 5.82 Å². The lowest BCUT2D eigenvalue weighted by Crippen LogP contribution is -2.51. The Bertz CT molecular complexity index is 937. The van der Waals surface area contributed by atoms with Crippen LogP contribution in [0.1, 0.15) is 24.8 Å². The third kappa shape index (κ3) is 3.74. The molecule has 1 N–H and O–H groups in total. The van der Waals surface area contributed by atoms with E-state index in [2.05, 4.69) is 37.5 Å². The molecule has 1 amide bonds. The van der Waals surface area contributed by atoms with Crippen molar-refractivity contribution < 1.29 is 4.79 Å². The molecule has 7 heteroatoms. The van der Waals surface area contributed by atoms with Gasteiger partial charge in [0.1, 0.15) is 5.69 Å². The van der Waals surface area contributed by atoms with Gasteiger partial charge in [0.05, 0.1) is 6.04 Å². The minimum atomic E-state index is -0.0102. The summed E-state index contributed by atoms with van der Waals surface area (Å²) in [5.41, 5.74) is 2.01. The van der Waals surface area contributed by atoms with Gasteiger partial charge in [0.25, 0.3) is 0 Å². The van der Waals surface area contributed by atoms with E-state index in [-0.39, 0.29) is 11.9 Å². The number of benzene rings is 1. The molecule has 0 radical (unpaired) electrons. The Morgan fingerprint density at radius 3 is 2.61 bits per heavy atom. The summed E-state index contributed by atoms with van der Waals surface area (Å²) in [4.78, 5) is 18.3. The second kappa shape index (κ2) is 7.80. The Morgan fingerprint density at radius 1 is 1.14 bits per heavy atom. The molecule has 1 fully saturated rings. The van der Waals surface area contributed by atoms with E-state index < -0.39 is 0 Å². The molecule has 1 aliphatic heterocycles. The second-order valence-electron chi connectivity index (χ2n) is 7.20. The highest BCUT2D eigenvalue weighted by atomic mass is 16.1. The lowest BCUT2D eigenvalue weighted by molar-refractivity contribution is -0.119. The fraction of sp³-hybridized carbons (Fsp3) is 0.333. The van der Waals surface area contributed by atoms with Gasteiger partial charge in [0, 0.05) is 45.4 Å². The van der Waals surface area contributed by atoms with Crippen molar-refractivity contribution in [3.05, 3.63) is 60.4 Å². The number of piperidine rings is 1. The van der Waals surface area contributed by atoms with Crippen molar-refractivity contribution in [1.82, 2.24) is 25.1 Å². The highest BCUT2D eigenvalue weighted by molar-refractivity contribution is 5.73. The molecule has 0 unspecified atom stereocenters. The molecule has 144 valence electrons. The number of hydrogen-bond acceptors (Lipinski definition) is 5. The summed E-state index contributed by atoms with van der Waals surface area (Å²) in [7, 11) is 1.93. The number of hydrogen-bond donors (Lipinski definition) is 1. The molecule has 0 aliphatic carbocycles. The van der Waals surface area contributed by atoms with Crippen LogP contribution >= 0.6 is 0 Å². The first-order chi connectivity index (χ1) is 13.6. The van der Waals surface area contributed by atoms with Crippen molar-refractivity contribution in [2.24, 2.45) is 7.05 Å². The van der Waals surface area contributed by atoms with E-state index in [1.54, 1.807) is 13.1 Å². The molecule has 3 heterocycles. The summed E-state index contributed by atoms with van der Waals surface area (Å²) in [6.07, 6.45) is 4.58. The van der Waals surface area contributed by atoms with Crippen LogP contribution in [0.2, 0.25) is 0 Å². The summed E-state index contributed by atoms with van der Waals surface area (Å²) >= 11 is 0. The SMILES string of the molecule is CC(=O)N[C@H]1CN(c2ccc(-c3nccn3C)nn2)CC[C@H]1c1ccccc1. The van der Waals surface area contributed by atoms with Crippen molar-refractivity contribution in [3.63, 3.8) is 0 Å². The predicted molar refractivity (Wildman–Crippen MR) is 108 cm³/mol. The summed E-state index contributed by atoms with van der Waals surface area (Å²) in [6, 6.07) is 14.3. The van der Waals surface area contributed by atoms with E-state index in [0.717, 1.165) is 30.3 Å². The van der Waals surface area contributed by atoms with Gasteiger partial charge in [-0.15, -0.1) is 10.2 Å². The molecule has 7 nitrogen and oxygen atoms in total. The number of nitrogens with one attached hydrogen (secondary N) is 1. The fourth-order valence-electron chi connectivity index (χ4n) is 3.89. The van der Waals surface area contributed by atoms with Crippen LogP contribution in [0.3, 0.4) is 0 Å². The zero-order valence-electron chi connectivity index (χ0n) is 16.1. The minimum absolute atomic E-state index is 0.0102. The molecule has 1 saturated heterocycles. The van der Waals surface area contributed by atoms with Crippen LogP contribution in [-0.4, -0.2) is 44.8 Å². The fourth-order valence-corrected chi connectivity index (χ4v) is 3.89. The topological polar surface area (TPSA) is 75.9 Å². The molecule has 2 atom stereocenters. The first-order valence-electron chi connectivity index (χ1n) is 9.50. The molecule has 0 bridgehead atoms. The van der Waals surface area contributed by atoms with E-state index in [4.69, 9.17) is 0 Å². The molecule has 4 rings (SSSR count). The number of amides is 1. The molecular weight excluding hydrogens is 352 g/mol. The number of aryl methyl sites for hydroxylation is 1. The van der Waals surface area contributed by atoms with Crippen LogP contribution in [0, 0.1) is 0 Å². The van der Waals surface area contributed by atoms with Crippen LogP contribution in [0.5, 0.6) is 0 Å². The van der Waals surface area contributed by atoms with Gasteiger partial charge < -0.3 is 14.8 Å². The molecule has 1 aromatic carbocycles. The van der Waals surface area contributed by atoms with Crippen LogP contribution in [0.15, 0.2) is 54.9 Å². The normalized spacial score (nSPS) is 19.4. The van der Waals surface area contributed by atoms with Gasteiger partial charge in [-0.25, -0.2) is 4.98 Å². The first-order valence-corrected chi connectivity index (χ1v) is 9.50. The average molecular weight is 376 g/mol. The number of rotatable bonds is 4. The maximum absolute atomic E-state index is 11.8. The maximum atomic E-state index is 11.8. The monoisotopic (exact) mass is 376 g/mol. The zero-order chi connectivity index (χ0) is 19.5. The molecule has 2 aromatic heterocycles. The molecular formula is C21H24N6O. The van der Waals surface area contributed by atoms with Crippen molar-refractivity contribution in [2.45, 2.75) is 25.3 Å². The van der Waals surface area contributed by atoms with Crippen molar-refractivity contribution in [1.29, 1.82) is 0 Å². The number of anilines is 1. The lowest BCUT2D eigenvalue weighted by atomic mass is 9.85. The number of carbonyl (C=O) groups excluding carboxylic acids is 1. The number of nitrogens with zero attached hydrogens (tertiary/aromatic N) is 5. The van der Waals surface area contributed by atoms with Crippen molar-refractivity contribution in [2.75, 3.05) is 18.0 Å². The molecule has 3 aromatic rings. The Hall–Kier alpha value is -3.22. The molecule has 1 aliphatic rings. The van der Waals surface area contributed by atoms with E-state index in [1.165, 1.54) is 5.56 Å². The third-order valence-corrected chi connectivity index (χ3v) is 5.25. The summed E-state index contributed by atoms with van der Waals surface area (Å²) in [5.74, 6) is 1.89. The van der Waals surface area contributed by atoms with Crippen LogP contribution in [0.25, 0.3) is 11.5 Å². The summed E-state index contributed by atoms with van der Waals surface area (Å²) in [6.45, 7) is 3.14. The average Bonchev–Trinajstić information content (AvgIpc) is 3.14.